The number of aryl methyl sites for hydroxylation is 1. The molecule has 0 saturated heterocycles. The molecule has 1 N–H and O–H groups in total. The van der Waals surface area contributed by atoms with Gasteiger partial charge in [-0.05, 0) is 31.2 Å². The van der Waals surface area contributed by atoms with Crippen LogP contribution < -0.4 is 4.74 Å². The third-order valence-electron chi connectivity index (χ3n) is 2.29. The molecule has 2 heterocycles. The smallest absolute Gasteiger partial charge is 0.138 e. The van der Waals surface area contributed by atoms with E-state index in [0.717, 1.165) is 11.4 Å². The Hall–Kier alpha value is -1.94. The second-order valence-electron chi connectivity index (χ2n) is 3.70. The van der Waals surface area contributed by atoms with Crippen LogP contribution in [-0.4, -0.2) is 15.1 Å². The Bertz CT molecular complexity index is 483. The number of aliphatic hydroxyl groups excluding tert-OH is 1. The molecule has 0 fully saturated rings. The highest BCUT2D eigenvalue weighted by molar-refractivity contribution is 5.20. The molecule has 2 aromatic heterocycles. The zero-order chi connectivity index (χ0) is 12.1. The van der Waals surface area contributed by atoms with Gasteiger partial charge in [-0.3, -0.25) is 9.97 Å². The van der Waals surface area contributed by atoms with Gasteiger partial charge in [-0.25, -0.2) is 0 Å². The van der Waals surface area contributed by atoms with E-state index in [1.807, 2.05) is 25.1 Å². The van der Waals surface area contributed by atoms with E-state index in [-0.39, 0.29) is 6.61 Å². The highest BCUT2D eigenvalue weighted by Gasteiger charge is 1.98. The third-order valence-corrected chi connectivity index (χ3v) is 2.29. The molecule has 0 bridgehead atoms. The summed E-state index contributed by atoms with van der Waals surface area (Å²) in [5.74, 6) is 0.672. The van der Waals surface area contributed by atoms with Crippen LogP contribution in [-0.2, 0) is 13.2 Å². The lowest BCUT2D eigenvalue weighted by molar-refractivity contribution is 0.274. The molecule has 0 aliphatic rings. The summed E-state index contributed by atoms with van der Waals surface area (Å²) in [6.07, 6.45) is 1.60. The first-order valence-electron chi connectivity index (χ1n) is 5.39. The maximum Gasteiger partial charge on any atom is 0.138 e. The molecule has 0 aliphatic heterocycles. The number of pyridine rings is 2. The van der Waals surface area contributed by atoms with Crippen molar-refractivity contribution in [3.05, 3.63) is 53.6 Å². The van der Waals surface area contributed by atoms with Gasteiger partial charge in [0.2, 0.25) is 0 Å². The summed E-state index contributed by atoms with van der Waals surface area (Å²) in [6.45, 7) is 2.31. The van der Waals surface area contributed by atoms with Crippen molar-refractivity contribution in [1.29, 1.82) is 0 Å². The lowest BCUT2D eigenvalue weighted by Gasteiger charge is -2.06. The van der Waals surface area contributed by atoms with Gasteiger partial charge in [0.15, 0.2) is 0 Å². The normalized spacial score (nSPS) is 10.2. The quantitative estimate of drug-likeness (QED) is 0.871. The van der Waals surface area contributed by atoms with Crippen LogP contribution in [0, 0.1) is 6.92 Å². The van der Waals surface area contributed by atoms with E-state index >= 15 is 0 Å². The Balaban J connectivity index is 1.97. The van der Waals surface area contributed by atoms with Gasteiger partial charge in [0.05, 0.1) is 24.2 Å². The first-order chi connectivity index (χ1) is 8.28. The number of ether oxygens (including phenoxy) is 1. The lowest BCUT2D eigenvalue weighted by atomic mass is 10.3. The van der Waals surface area contributed by atoms with Crippen LogP contribution in [0.1, 0.15) is 17.1 Å². The summed E-state index contributed by atoms with van der Waals surface area (Å²) in [4.78, 5) is 8.37. The second-order valence-corrected chi connectivity index (χ2v) is 3.70. The van der Waals surface area contributed by atoms with Gasteiger partial charge in [-0.1, -0.05) is 6.07 Å². The van der Waals surface area contributed by atoms with Gasteiger partial charge < -0.3 is 9.84 Å². The summed E-state index contributed by atoms with van der Waals surface area (Å²) < 4.78 is 5.54. The van der Waals surface area contributed by atoms with Crippen LogP contribution in [0.15, 0.2) is 36.5 Å². The molecular formula is C13H14N2O2. The maximum absolute atomic E-state index is 8.85. The summed E-state index contributed by atoms with van der Waals surface area (Å²) >= 11 is 0. The zero-order valence-electron chi connectivity index (χ0n) is 9.63. The number of aliphatic hydroxyl groups is 1. The van der Waals surface area contributed by atoms with Crippen molar-refractivity contribution < 1.29 is 9.84 Å². The fourth-order valence-electron chi connectivity index (χ4n) is 1.43. The molecule has 0 spiro atoms. The Morgan fingerprint density at radius 2 is 2.06 bits per heavy atom. The van der Waals surface area contributed by atoms with Gasteiger partial charge in [0, 0.05) is 5.69 Å². The monoisotopic (exact) mass is 230 g/mol. The standard InChI is InChI=1S/C13H14N2O2/c1-10-3-2-4-12(15-10)9-17-13-6-5-11(8-16)14-7-13/h2-7,16H,8-9H2,1H3. The molecule has 2 aromatic rings. The second kappa shape index (κ2) is 5.41. The van der Waals surface area contributed by atoms with Crippen molar-refractivity contribution in [2.45, 2.75) is 20.1 Å². The maximum atomic E-state index is 8.85. The minimum atomic E-state index is -0.0558. The van der Waals surface area contributed by atoms with E-state index in [4.69, 9.17) is 9.84 Å². The SMILES string of the molecule is Cc1cccc(COc2ccc(CO)nc2)n1. The average Bonchev–Trinajstić information content (AvgIpc) is 2.37. The van der Waals surface area contributed by atoms with Gasteiger partial charge in [0.25, 0.3) is 0 Å². The molecular weight excluding hydrogens is 216 g/mol. The van der Waals surface area contributed by atoms with Crippen molar-refractivity contribution in [3.63, 3.8) is 0 Å². The van der Waals surface area contributed by atoms with Crippen molar-refractivity contribution in [1.82, 2.24) is 9.97 Å². The van der Waals surface area contributed by atoms with Crippen molar-refractivity contribution >= 4 is 0 Å². The molecule has 0 aromatic carbocycles. The van der Waals surface area contributed by atoms with Gasteiger partial charge >= 0.3 is 0 Å². The molecule has 0 saturated carbocycles. The predicted octanol–water partition coefficient (Wildman–Crippen LogP) is 1.86. The summed E-state index contributed by atoms with van der Waals surface area (Å²) in [7, 11) is 0. The largest absolute Gasteiger partial charge is 0.486 e. The summed E-state index contributed by atoms with van der Waals surface area (Å²) in [6, 6.07) is 9.34. The number of hydrogen-bond donors (Lipinski definition) is 1. The van der Waals surface area contributed by atoms with Crippen LogP contribution in [0.25, 0.3) is 0 Å². The average molecular weight is 230 g/mol. The minimum absolute atomic E-state index is 0.0558. The van der Waals surface area contributed by atoms with E-state index in [0.29, 0.717) is 18.1 Å². The third kappa shape index (κ3) is 3.26. The number of nitrogens with zero attached hydrogens (tertiary/aromatic N) is 2. The van der Waals surface area contributed by atoms with Crippen molar-refractivity contribution in [2.75, 3.05) is 0 Å². The number of aromatic nitrogens is 2. The van der Waals surface area contributed by atoms with Crippen LogP contribution in [0.2, 0.25) is 0 Å². The molecule has 0 radical (unpaired) electrons. The molecule has 0 atom stereocenters. The fourth-order valence-corrected chi connectivity index (χ4v) is 1.43. The number of hydrogen-bond acceptors (Lipinski definition) is 4. The van der Waals surface area contributed by atoms with Gasteiger partial charge in [-0.2, -0.15) is 0 Å². The Morgan fingerprint density at radius 1 is 1.18 bits per heavy atom. The first-order valence-corrected chi connectivity index (χ1v) is 5.39. The summed E-state index contributed by atoms with van der Waals surface area (Å²) in [5.41, 5.74) is 2.49. The molecule has 0 aliphatic carbocycles. The van der Waals surface area contributed by atoms with Crippen molar-refractivity contribution in [2.24, 2.45) is 0 Å². The van der Waals surface area contributed by atoms with Crippen LogP contribution in [0.4, 0.5) is 0 Å². The van der Waals surface area contributed by atoms with Gasteiger partial charge in [-0.15, -0.1) is 0 Å². The molecule has 88 valence electrons. The molecule has 4 nitrogen and oxygen atoms in total. The highest BCUT2D eigenvalue weighted by Crippen LogP contribution is 2.11. The Labute approximate surface area is 99.9 Å². The molecule has 2 rings (SSSR count). The van der Waals surface area contributed by atoms with E-state index in [2.05, 4.69) is 9.97 Å². The fraction of sp³-hybridized carbons (Fsp3) is 0.231. The summed E-state index contributed by atoms with van der Waals surface area (Å²) in [5, 5.41) is 8.85. The molecule has 4 heteroatoms. The van der Waals surface area contributed by atoms with Crippen LogP contribution in [0.5, 0.6) is 5.75 Å². The van der Waals surface area contributed by atoms with Crippen LogP contribution >= 0.6 is 0 Å². The van der Waals surface area contributed by atoms with E-state index in [9.17, 15) is 0 Å². The predicted molar refractivity (Wildman–Crippen MR) is 63.5 cm³/mol. The van der Waals surface area contributed by atoms with Gasteiger partial charge in [0.1, 0.15) is 12.4 Å². The van der Waals surface area contributed by atoms with E-state index in [1.165, 1.54) is 0 Å². The van der Waals surface area contributed by atoms with Crippen molar-refractivity contribution in [3.8, 4) is 5.75 Å². The first kappa shape index (κ1) is 11.5. The van der Waals surface area contributed by atoms with E-state index in [1.54, 1.807) is 18.3 Å². The lowest BCUT2D eigenvalue weighted by Crippen LogP contribution is -1.99. The topological polar surface area (TPSA) is 55.2 Å². The van der Waals surface area contributed by atoms with E-state index < -0.39 is 0 Å². The Morgan fingerprint density at radius 3 is 2.71 bits per heavy atom. The minimum Gasteiger partial charge on any atom is -0.486 e. The molecule has 0 amide bonds. The highest BCUT2D eigenvalue weighted by atomic mass is 16.5. The Kier molecular flexibility index (Phi) is 3.67. The molecule has 0 unspecified atom stereocenters. The zero-order valence-corrected chi connectivity index (χ0v) is 9.63. The molecule has 17 heavy (non-hydrogen) atoms. The van der Waals surface area contributed by atoms with Crippen LogP contribution in [0.3, 0.4) is 0 Å². The number of rotatable bonds is 4.